The molecule has 0 heterocycles. The lowest BCUT2D eigenvalue weighted by atomic mass is 9.98. The van der Waals surface area contributed by atoms with Gasteiger partial charge in [0.15, 0.2) is 0 Å². The highest BCUT2D eigenvalue weighted by atomic mass is 15.2. The Bertz CT molecular complexity index is 560. The highest BCUT2D eigenvalue weighted by Gasteiger charge is 2.08. The number of hydrogen-bond acceptors (Lipinski definition) is 2. The van der Waals surface area contributed by atoms with Crippen LogP contribution in [-0.4, -0.2) is 6.04 Å². The molecule has 0 aliphatic carbocycles. The first kappa shape index (κ1) is 13.8. The molecule has 0 aliphatic heterocycles. The Balaban J connectivity index is 2.08. The predicted octanol–water partition coefficient (Wildman–Crippen LogP) is 3.57. The molecule has 2 aromatic carbocycles. The van der Waals surface area contributed by atoms with E-state index in [4.69, 9.17) is 5.84 Å². The first-order chi connectivity index (χ1) is 9.19. The summed E-state index contributed by atoms with van der Waals surface area (Å²) in [4.78, 5) is 0. The first-order valence-corrected chi connectivity index (χ1v) is 6.77. The van der Waals surface area contributed by atoms with Gasteiger partial charge < -0.3 is 0 Å². The lowest BCUT2D eigenvalue weighted by molar-refractivity contribution is 0.491. The summed E-state index contributed by atoms with van der Waals surface area (Å²) in [5.74, 6) is 5.64. The summed E-state index contributed by atoms with van der Waals surface area (Å²) in [5, 5.41) is 2.57. The number of rotatable bonds is 6. The van der Waals surface area contributed by atoms with E-state index in [-0.39, 0.29) is 0 Å². The molecule has 0 amide bonds. The Hall–Kier alpha value is -1.64. The fraction of sp³-hybridized carbons (Fsp3) is 0.294. The summed E-state index contributed by atoms with van der Waals surface area (Å²) >= 11 is 0. The van der Waals surface area contributed by atoms with Crippen molar-refractivity contribution in [2.75, 3.05) is 0 Å². The molecule has 1 atom stereocenters. The molecular weight excluding hydrogens is 232 g/mol. The van der Waals surface area contributed by atoms with Crippen molar-refractivity contribution in [1.29, 1.82) is 0 Å². The van der Waals surface area contributed by atoms with Crippen LogP contribution in [0.5, 0.6) is 0 Å². The summed E-state index contributed by atoms with van der Waals surface area (Å²) in [6.07, 6.45) is 3.00. The molecular formula is C17H22N2. The number of allylic oxidation sites excluding steroid dienone is 1. The van der Waals surface area contributed by atoms with Crippen molar-refractivity contribution in [3.63, 3.8) is 0 Å². The Kier molecular flexibility index (Phi) is 4.72. The zero-order valence-corrected chi connectivity index (χ0v) is 11.5. The van der Waals surface area contributed by atoms with E-state index >= 15 is 0 Å². The zero-order valence-electron chi connectivity index (χ0n) is 11.5. The van der Waals surface area contributed by atoms with Crippen LogP contribution in [0.25, 0.3) is 10.8 Å². The third-order valence-electron chi connectivity index (χ3n) is 3.45. The number of hydrazine groups is 1. The highest BCUT2D eigenvalue weighted by molar-refractivity contribution is 5.82. The van der Waals surface area contributed by atoms with Crippen LogP contribution in [0.2, 0.25) is 0 Å². The summed E-state index contributed by atoms with van der Waals surface area (Å²) < 4.78 is 0. The minimum absolute atomic E-state index is 0.304. The van der Waals surface area contributed by atoms with Crippen molar-refractivity contribution >= 4 is 10.8 Å². The molecule has 2 aromatic rings. The molecule has 0 saturated heterocycles. The third-order valence-corrected chi connectivity index (χ3v) is 3.45. The van der Waals surface area contributed by atoms with E-state index < -0.39 is 0 Å². The normalized spacial score (nSPS) is 12.5. The van der Waals surface area contributed by atoms with Crippen molar-refractivity contribution in [3.05, 3.63) is 60.2 Å². The second kappa shape index (κ2) is 6.50. The van der Waals surface area contributed by atoms with Crippen LogP contribution < -0.4 is 11.3 Å². The van der Waals surface area contributed by atoms with E-state index in [1.165, 1.54) is 21.9 Å². The maximum atomic E-state index is 5.64. The molecule has 2 heteroatoms. The van der Waals surface area contributed by atoms with Gasteiger partial charge in [0.05, 0.1) is 0 Å². The molecule has 1 unspecified atom stereocenters. The molecule has 19 heavy (non-hydrogen) atoms. The number of fused-ring (bicyclic) bond motifs is 1. The van der Waals surface area contributed by atoms with E-state index in [0.29, 0.717) is 6.04 Å². The first-order valence-electron chi connectivity index (χ1n) is 6.77. The van der Waals surface area contributed by atoms with Crippen molar-refractivity contribution in [2.45, 2.75) is 32.2 Å². The quantitative estimate of drug-likeness (QED) is 0.470. The summed E-state index contributed by atoms with van der Waals surface area (Å²) in [7, 11) is 0. The van der Waals surface area contributed by atoms with Gasteiger partial charge in [0.2, 0.25) is 0 Å². The molecule has 0 bridgehead atoms. The van der Waals surface area contributed by atoms with Crippen LogP contribution >= 0.6 is 0 Å². The van der Waals surface area contributed by atoms with Crippen molar-refractivity contribution in [3.8, 4) is 0 Å². The van der Waals surface area contributed by atoms with E-state index in [1.54, 1.807) is 0 Å². The van der Waals surface area contributed by atoms with Crippen LogP contribution in [-0.2, 0) is 6.42 Å². The third kappa shape index (κ3) is 3.91. The summed E-state index contributed by atoms with van der Waals surface area (Å²) in [6.45, 7) is 6.00. The van der Waals surface area contributed by atoms with Gasteiger partial charge in [-0.2, -0.15) is 0 Å². The minimum Gasteiger partial charge on any atom is -0.271 e. The molecule has 100 valence electrons. The topological polar surface area (TPSA) is 38.0 Å². The van der Waals surface area contributed by atoms with Gasteiger partial charge in [-0.15, -0.1) is 6.58 Å². The van der Waals surface area contributed by atoms with Gasteiger partial charge in [0.1, 0.15) is 0 Å². The lowest BCUT2D eigenvalue weighted by Gasteiger charge is -2.16. The average Bonchev–Trinajstić information content (AvgIpc) is 2.43. The van der Waals surface area contributed by atoms with Gasteiger partial charge in [0.25, 0.3) is 0 Å². The molecule has 2 nitrogen and oxygen atoms in total. The van der Waals surface area contributed by atoms with Gasteiger partial charge in [0, 0.05) is 6.04 Å². The monoisotopic (exact) mass is 254 g/mol. The van der Waals surface area contributed by atoms with Gasteiger partial charge in [-0.05, 0) is 42.5 Å². The largest absolute Gasteiger partial charge is 0.271 e. The minimum atomic E-state index is 0.304. The maximum Gasteiger partial charge on any atom is 0.0253 e. The van der Waals surface area contributed by atoms with Gasteiger partial charge in [-0.1, -0.05) is 48.0 Å². The molecule has 0 saturated carbocycles. The number of nitrogens with two attached hydrogens (primary N) is 1. The Morgan fingerprint density at radius 2 is 1.95 bits per heavy atom. The van der Waals surface area contributed by atoms with Crippen LogP contribution in [0.1, 0.15) is 25.3 Å². The van der Waals surface area contributed by atoms with Crippen LogP contribution in [0.4, 0.5) is 0 Å². The second-order valence-corrected chi connectivity index (χ2v) is 5.24. The van der Waals surface area contributed by atoms with Crippen LogP contribution in [0.15, 0.2) is 54.6 Å². The van der Waals surface area contributed by atoms with E-state index in [2.05, 4.69) is 61.4 Å². The van der Waals surface area contributed by atoms with Crippen LogP contribution in [0, 0.1) is 0 Å². The van der Waals surface area contributed by atoms with E-state index in [1.807, 2.05) is 0 Å². The van der Waals surface area contributed by atoms with E-state index in [9.17, 15) is 0 Å². The maximum absolute atomic E-state index is 5.64. The zero-order chi connectivity index (χ0) is 13.7. The molecule has 0 aliphatic rings. The van der Waals surface area contributed by atoms with Crippen molar-refractivity contribution < 1.29 is 0 Å². The van der Waals surface area contributed by atoms with Crippen LogP contribution in [0.3, 0.4) is 0 Å². The SMILES string of the molecule is C=C(C)CCC(Cc1ccc2ccccc2c1)NN. The molecule has 0 radical (unpaired) electrons. The average molecular weight is 254 g/mol. The molecule has 0 aromatic heterocycles. The second-order valence-electron chi connectivity index (χ2n) is 5.24. The number of benzene rings is 2. The van der Waals surface area contributed by atoms with Gasteiger partial charge >= 0.3 is 0 Å². The van der Waals surface area contributed by atoms with Gasteiger partial charge in [-0.3, -0.25) is 11.3 Å². The fourth-order valence-corrected chi connectivity index (χ4v) is 2.32. The number of nitrogens with one attached hydrogen (secondary N) is 1. The highest BCUT2D eigenvalue weighted by Crippen LogP contribution is 2.17. The molecule has 2 rings (SSSR count). The Morgan fingerprint density at radius 1 is 1.21 bits per heavy atom. The van der Waals surface area contributed by atoms with Gasteiger partial charge in [-0.25, -0.2) is 0 Å². The lowest BCUT2D eigenvalue weighted by Crippen LogP contribution is -2.36. The Morgan fingerprint density at radius 3 is 2.63 bits per heavy atom. The molecule has 0 fully saturated rings. The predicted molar refractivity (Wildman–Crippen MR) is 82.8 cm³/mol. The van der Waals surface area contributed by atoms with Crippen molar-refractivity contribution in [2.24, 2.45) is 5.84 Å². The smallest absolute Gasteiger partial charge is 0.0253 e. The molecule has 0 spiro atoms. The standard InChI is InChI=1S/C17H22N2/c1-13(2)7-10-17(19-18)12-14-8-9-15-5-3-4-6-16(15)11-14/h3-6,8-9,11,17,19H,1,7,10,12,18H2,2H3. The van der Waals surface area contributed by atoms with E-state index in [0.717, 1.165) is 19.3 Å². The summed E-state index contributed by atoms with van der Waals surface area (Å²) in [5.41, 5.74) is 5.44. The Labute approximate surface area is 115 Å². The number of hydrogen-bond donors (Lipinski definition) is 2. The fourth-order valence-electron chi connectivity index (χ4n) is 2.32. The van der Waals surface area contributed by atoms with Crippen molar-refractivity contribution in [1.82, 2.24) is 5.43 Å². The summed E-state index contributed by atoms with van der Waals surface area (Å²) in [6, 6.07) is 15.4. The molecule has 3 N–H and O–H groups in total.